The van der Waals surface area contributed by atoms with Crippen molar-refractivity contribution in [1.82, 2.24) is 0 Å². The Bertz CT molecular complexity index is 1100. The third kappa shape index (κ3) is 7.69. The number of rotatable bonds is 8. The van der Waals surface area contributed by atoms with Crippen LogP contribution < -0.4 is 14.4 Å². The predicted molar refractivity (Wildman–Crippen MR) is 129 cm³/mol. The van der Waals surface area contributed by atoms with E-state index in [1.54, 1.807) is 0 Å². The van der Waals surface area contributed by atoms with E-state index in [-0.39, 0.29) is 13.2 Å². The van der Waals surface area contributed by atoms with Gasteiger partial charge in [0, 0.05) is 19.3 Å². The van der Waals surface area contributed by atoms with E-state index in [0.717, 1.165) is 12.7 Å². The van der Waals surface area contributed by atoms with Gasteiger partial charge in [-0.3, -0.25) is 0 Å². The zero-order valence-corrected chi connectivity index (χ0v) is 22.8. The molecule has 196 valence electrons. The highest BCUT2D eigenvalue weighted by Crippen LogP contribution is 2.46. The van der Waals surface area contributed by atoms with Gasteiger partial charge in [0.2, 0.25) is 5.82 Å². The average Bonchev–Trinajstić information content (AvgIpc) is 2.63. The molecular weight excluding hydrogens is 488 g/mol. The second-order valence-corrected chi connectivity index (χ2v) is 15.8. The Morgan fingerprint density at radius 2 is 1.26 bits per heavy atom. The van der Waals surface area contributed by atoms with Gasteiger partial charge in [-0.05, 0) is 30.1 Å². The minimum absolute atomic E-state index is 0.0333. The van der Waals surface area contributed by atoms with Crippen LogP contribution in [0.4, 0.5) is 14.5 Å². The Morgan fingerprint density at radius 3 is 1.71 bits per heavy atom. The maximum Gasteiger partial charge on any atom is 0.211 e. The smallest absolute Gasteiger partial charge is 0.211 e. The molecule has 0 radical (unpaired) electrons. The van der Waals surface area contributed by atoms with Gasteiger partial charge in [0.15, 0.2) is 42.1 Å². The fourth-order valence-electron chi connectivity index (χ4n) is 3.48. The van der Waals surface area contributed by atoms with E-state index in [9.17, 15) is 16.8 Å². The average molecular weight is 526 g/mol. The summed E-state index contributed by atoms with van der Waals surface area (Å²) in [5.41, 5.74) is -1.31. The molecule has 1 aromatic rings. The molecule has 0 aromatic heterocycles. The van der Waals surface area contributed by atoms with Crippen LogP contribution >= 0.6 is 0 Å². The maximum atomic E-state index is 15.9. The van der Waals surface area contributed by atoms with E-state index in [0.29, 0.717) is 25.9 Å². The number of benzene rings is 1. The van der Waals surface area contributed by atoms with Gasteiger partial charge in [-0.2, -0.15) is 4.39 Å². The fourth-order valence-corrected chi connectivity index (χ4v) is 7.15. The molecule has 1 aliphatic heterocycles. The summed E-state index contributed by atoms with van der Waals surface area (Å²) in [6, 6.07) is 0. The molecule has 0 N–H and O–H groups in total. The Labute approximate surface area is 202 Å². The summed E-state index contributed by atoms with van der Waals surface area (Å²) in [5.74, 6) is -3.89. The fraction of sp³-hybridized carbons (Fsp3) is 0.739. The van der Waals surface area contributed by atoms with Crippen LogP contribution in [-0.2, 0) is 19.7 Å². The van der Waals surface area contributed by atoms with Crippen LogP contribution in [0, 0.1) is 22.5 Å². The Kier molecular flexibility index (Phi) is 8.55. The van der Waals surface area contributed by atoms with Crippen molar-refractivity contribution >= 4 is 25.4 Å². The van der Waals surface area contributed by atoms with Crippen LogP contribution in [0.5, 0.6) is 11.5 Å². The van der Waals surface area contributed by atoms with Crippen LogP contribution in [-0.4, -0.2) is 54.5 Å². The molecule has 0 spiro atoms. The Morgan fingerprint density at radius 1 is 0.794 bits per heavy atom. The van der Waals surface area contributed by atoms with Gasteiger partial charge < -0.3 is 14.4 Å². The summed E-state index contributed by atoms with van der Waals surface area (Å²) < 4.78 is 93.4. The second kappa shape index (κ2) is 10.2. The zero-order valence-electron chi connectivity index (χ0n) is 21.1. The monoisotopic (exact) mass is 525 g/mol. The lowest BCUT2D eigenvalue weighted by atomic mass is 9.98. The molecule has 1 saturated heterocycles. The van der Waals surface area contributed by atoms with Gasteiger partial charge >= 0.3 is 0 Å². The van der Waals surface area contributed by atoms with Gasteiger partial charge in [0.05, 0.1) is 18.9 Å². The number of halogens is 2. The maximum absolute atomic E-state index is 15.9. The number of hydrogen-bond donors (Lipinski definition) is 0. The van der Waals surface area contributed by atoms with Gasteiger partial charge in [-0.15, -0.1) is 0 Å². The third-order valence-corrected chi connectivity index (χ3v) is 8.83. The van der Waals surface area contributed by atoms with Crippen LogP contribution in [0.25, 0.3) is 0 Å². The second-order valence-electron chi connectivity index (χ2n) is 11.4. The first-order chi connectivity index (χ1) is 15.3. The molecule has 0 saturated carbocycles. The molecule has 7 nitrogen and oxygen atoms in total. The third-order valence-electron chi connectivity index (χ3n) is 4.88. The number of ether oxygens (including phenoxy) is 2. The lowest BCUT2D eigenvalue weighted by Crippen LogP contribution is -2.33. The van der Waals surface area contributed by atoms with Gasteiger partial charge in [0.1, 0.15) is 4.90 Å². The summed E-state index contributed by atoms with van der Waals surface area (Å²) >= 11 is 0. The largest absolute Gasteiger partial charge is 0.488 e. The molecule has 0 amide bonds. The molecule has 34 heavy (non-hydrogen) atoms. The zero-order chi connectivity index (χ0) is 26.1. The lowest BCUT2D eigenvalue weighted by molar-refractivity contribution is 0.168. The predicted octanol–water partition coefficient (Wildman–Crippen LogP) is 4.58. The summed E-state index contributed by atoms with van der Waals surface area (Å²) in [7, 11) is -8.73. The molecule has 2 rings (SSSR count). The minimum atomic E-state index is -4.69. The first-order valence-corrected chi connectivity index (χ1v) is 15.0. The molecule has 11 heteroatoms. The lowest BCUT2D eigenvalue weighted by Gasteiger charge is -2.33. The van der Waals surface area contributed by atoms with Gasteiger partial charge in [-0.1, -0.05) is 41.5 Å². The van der Waals surface area contributed by atoms with Crippen molar-refractivity contribution in [2.75, 3.05) is 42.5 Å². The standard InChI is InChI=1S/C23H37F2NO6S2/c1-22(2,3)13-31-19-16(24)18(26-11-9-8-10-12-26)21(34(29,30)15-33(7,27)28)20(17(19)25)32-14-23(4,5)6/h8-15H2,1-7H3. The van der Waals surface area contributed by atoms with Crippen LogP contribution in [0.2, 0.25) is 0 Å². The molecule has 0 bridgehead atoms. The molecule has 1 aromatic carbocycles. The minimum Gasteiger partial charge on any atom is -0.488 e. The highest BCUT2D eigenvalue weighted by atomic mass is 32.3. The Balaban J connectivity index is 2.88. The van der Waals surface area contributed by atoms with Crippen molar-refractivity contribution in [3.8, 4) is 11.5 Å². The molecule has 1 heterocycles. The van der Waals surface area contributed by atoms with Crippen molar-refractivity contribution in [1.29, 1.82) is 0 Å². The molecule has 0 unspecified atom stereocenters. The number of hydrogen-bond acceptors (Lipinski definition) is 7. The van der Waals surface area contributed by atoms with Crippen molar-refractivity contribution in [3.63, 3.8) is 0 Å². The molecule has 0 aliphatic carbocycles. The summed E-state index contributed by atoms with van der Waals surface area (Å²) in [6.45, 7) is 11.5. The molecule has 0 atom stereocenters. The number of nitrogens with zero attached hydrogens (tertiary/aromatic N) is 1. The van der Waals surface area contributed by atoms with Crippen molar-refractivity contribution in [3.05, 3.63) is 11.6 Å². The quantitative estimate of drug-likeness (QED) is 0.491. The van der Waals surface area contributed by atoms with E-state index >= 15 is 8.78 Å². The van der Waals surface area contributed by atoms with Crippen molar-refractivity contribution in [2.45, 2.75) is 65.7 Å². The number of sulfone groups is 2. The number of piperidine rings is 1. The van der Waals surface area contributed by atoms with Gasteiger partial charge in [-0.25, -0.2) is 21.2 Å². The van der Waals surface area contributed by atoms with Crippen molar-refractivity contribution in [2.24, 2.45) is 10.8 Å². The topological polar surface area (TPSA) is 90.0 Å². The van der Waals surface area contributed by atoms with E-state index in [1.807, 2.05) is 41.5 Å². The molecule has 1 fully saturated rings. The molecule has 1 aliphatic rings. The highest BCUT2D eigenvalue weighted by Gasteiger charge is 2.39. The van der Waals surface area contributed by atoms with Gasteiger partial charge in [0.25, 0.3) is 0 Å². The SMILES string of the molecule is CC(C)(C)COc1c(F)c(OCC(C)(C)C)c(S(=O)(=O)CS(C)(=O)=O)c(N2CCCCC2)c1F. The summed E-state index contributed by atoms with van der Waals surface area (Å²) in [4.78, 5) is 0.739. The van der Waals surface area contributed by atoms with E-state index in [2.05, 4.69) is 0 Å². The van der Waals surface area contributed by atoms with E-state index < -0.39 is 69.3 Å². The Hall–Kier alpha value is -1.62. The number of anilines is 1. The first kappa shape index (κ1) is 28.6. The van der Waals surface area contributed by atoms with E-state index in [1.165, 1.54) is 4.90 Å². The summed E-state index contributed by atoms with van der Waals surface area (Å²) in [6.07, 6.45) is 3.00. The highest BCUT2D eigenvalue weighted by molar-refractivity contribution is 8.07. The summed E-state index contributed by atoms with van der Waals surface area (Å²) in [5, 5.41) is -1.30. The normalized spacial score (nSPS) is 16.0. The van der Waals surface area contributed by atoms with Crippen molar-refractivity contribution < 1.29 is 35.1 Å². The van der Waals surface area contributed by atoms with Crippen LogP contribution in [0.15, 0.2) is 4.90 Å². The first-order valence-electron chi connectivity index (χ1n) is 11.3. The van der Waals surface area contributed by atoms with E-state index in [4.69, 9.17) is 9.47 Å². The van der Waals surface area contributed by atoms with Crippen LogP contribution in [0.3, 0.4) is 0 Å². The van der Waals surface area contributed by atoms with Crippen LogP contribution in [0.1, 0.15) is 60.8 Å². The molecular formula is C23H37F2NO6S2.